The van der Waals surface area contributed by atoms with Gasteiger partial charge in [-0.3, -0.25) is 4.79 Å². The summed E-state index contributed by atoms with van der Waals surface area (Å²) in [5.74, 6) is -0.522. The molecule has 1 N–H and O–H groups in total. The molecule has 1 fully saturated rings. The Hall–Kier alpha value is -3.23. The zero-order chi connectivity index (χ0) is 22.6. The molecule has 0 atom stereocenters. The summed E-state index contributed by atoms with van der Waals surface area (Å²) in [5, 5.41) is 0. The zero-order valence-electron chi connectivity index (χ0n) is 17.4. The molecule has 0 bridgehead atoms. The van der Waals surface area contributed by atoms with Gasteiger partial charge in [0.2, 0.25) is 10.0 Å². The number of benzene rings is 3. The summed E-state index contributed by atoms with van der Waals surface area (Å²) >= 11 is 0. The molecule has 0 saturated carbocycles. The number of carbonyl (C=O) groups is 1. The largest absolute Gasteiger partial charge is 0.366 e. The predicted octanol–water partition coefficient (Wildman–Crippen LogP) is 3.27. The van der Waals surface area contributed by atoms with Gasteiger partial charge in [-0.15, -0.1) is 0 Å². The highest BCUT2D eigenvalue weighted by Crippen LogP contribution is 2.21. The maximum Gasteiger partial charge on any atom is 0.254 e. The molecule has 32 heavy (non-hydrogen) atoms. The van der Waals surface area contributed by atoms with Gasteiger partial charge in [-0.1, -0.05) is 48.5 Å². The number of piperazine rings is 1. The second-order valence-corrected chi connectivity index (χ2v) is 9.34. The lowest BCUT2D eigenvalue weighted by molar-refractivity contribution is 0.0746. The van der Waals surface area contributed by atoms with Gasteiger partial charge >= 0.3 is 0 Å². The smallest absolute Gasteiger partial charge is 0.254 e. The molecule has 6 nitrogen and oxygen atoms in total. The number of rotatable bonds is 6. The summed E-state index contributed by atoms with van der Waals surface area (Å²) in [7, 11) is -3.77. The average molecular weight is 454 g/mol. The van der Waals surface area contributed by atoms with Crippen LogP contribution in [0.5, 0.6) is 0 Å². The van der Waals surface area contributed by atoms with Crippen LogP contribution >= 0.6 is 0 Å². The minimum absolute atomic E-state index is 0.0456. The van der Waals surface area contributed by atoms with Crippen LogP contribution in [0.15, 0.2) is 83.8 Å². The van der Waals surface area contributed by atoms with Crippen molar-refractivity contribution in [3.63, 3.8) is 0 Å². The van der Waals surface area contributed by atoms with Gasteiger partial charge in [0, 0.05) is 38.3 Å². The van der Waals surface area contributed by atoms with Crippen LogP contribution in [0, 0.1) is 5.82 Å². The maximum atomic E-state index is 14.0. The monoisotopic (exact) mass is 453 g/mol. The number of anilines is 1. The van der Waals surface area contributed by atoms with E-state index in [2.05, 4.69) is 4.72 Å². The first kappa shape index (κ1) is 22.0. The standard InChI is InChI=1S/C24H24FN3O3S/c25-22-11-4-5-12-23(22)27-13-15-28(16-14-27)24(29)20-9-6-10-21(17-20)32(30,31)26-18-19-7-2-1-3-8-19/h1-12,17,26H,13-16,18H2. The fourth-order valence-electron chi connectivity index (χ4n) is 3.70. The Morgan fingerprint density at radius 3 is 2.28 bits per heavy atom. The molecule has 1 aliphatic rings. The predicted molar refractivity (Wildman–Crippen MR) is 121 cm³/mol. The number of nitrogens with zero attached hydrogens (tertiary/aromatic N) is 2. The fraction of sp³-hybridized carbons (Fsp3) is 0.208. The Morgan fingerprint density at radius 2 is 1.56 bits per heavy atom. The van der Waals surface area contributed by atoms with Crippen LogP contribution in [0.25, 0.3) is 0 Å². The fourth-order valence-corrected chi connectivity index (χ4v) is 4.76. The van der Waals surface area contributed by atoms with Crippen molar-refractivity contribution in [3.8, 4) is 0 Å². The number of amides is 1. The Morgan fingerprint density at radius 1 is 0.875 bits per heavy atom. The molecule has 1 saturated heterocycles. The van der Waals surface area contributed by atoms with Crippen LogP contribution in [0.1, 0.15) is 15.9 Å². The molecule has 166 valence electrons. The molecule has 0 radical (unpaired) electrons. The topological polar surface area (TPSA) is 69.7 Å². The minimum atomic E-state index is -3.77. The van der Waals surface area contributed by atoms with E-state index in [1.54, 1.807) is 35.2 Å². The van der Waals surface area contributed by atoms with Gasteiger partial charge in [-0.2, -0.15) is 0 Å². The van der Waals surface area contributed by atoms with Crippen molar-refractivity contribution in [2.45, 2.75) is 11.4 Å². The van der Waals surface area contributed by atoms with Crippen molar-refractivity contribution in [2.24, 2.45) is 0 Å². The Balaban J connectivity index is 1.42. The summed E-state index contributed by atoms with van der Waals surface area (Å²) in [6, 6.07) is 21.9. The minimum Gasteiger partial charge on any atom is -0.366 e. The number of hydrogen-bond donors (Lipinski definition) is 1. The number of hydrogen-bond acceptors (Lipinski definition) is 4. The molecule has 3 aromatic carbocycles. The van der Waals surface area contributed by atoms with Gasteiger partial charge in [0.05, 0.1) is 10.6 Å². The third kappa shape index (κ3) is 4.98. The number of nitrogens with one attached hydrogen (secondary N) is 1. The van der Waals surface area contributed by atoms with Crippen molar-refractivity contribution < 1.29 is 17.6 Å². The lowest BCUT2D eigenvalue weighted by atomic mass is 10.1. The summed E-state index contributed by atoms with van der Waals surface area (Å²) in [6.45, 7) is 2.03. The number of para-hydroxylation sites is 1. The zero-order valence-corrected chi connectivity index (χ0v) is 18.3. The molecule has 0 aliphatic carbocycles. The normalized spacial score (nSPS) is 14.4. The molecule has 0 spiro atoms. The van der Waals surface area contributed by atoms with Crippen molar-refractivity contribution in [2.75, 3.05) is 31.1 Å². The number of carbonyl (C=O) groups excluding carboxylic acids is 1. The highest BCUT2D eigenvalue weighted by Gasteiger charge is 2.24. The van der Waals surface area contributed by atoms with Crippen LogP contribution in [0.3, 0.4) is 0 Å². The van der Waals surface area contributed by atoms with E-state index in [0.29, 0.717) is 37.4 Å². The first-order chi connectivity index (χ1) is 15.4. The van der Waals surface area contributed by atoms with Gasteiger partial charge in [0.15, 0.2) is 0 Å². The average Bonchev–Trinajstić information content (AvgIpc) is 2.84. The van der Waals surface area contributed by atoms with Gasteiger partial charge < -0.3 is 9.80 Å². The molecule has 1 aliphatic heterocycles. The highest BCUT2D eigenvalue weighted by molar-refractivity contribution is 7.89. The maximum absolute atomic E-state index is 14.0. The first-order valence-electron chi connectivity index (χ1n) is 10.4. The summed E-state index contributed by atoms with van der Waals surface area (Å²) < 4.78 is 42.0. The SMILES string of the molecule is O=C(c1cccc(S(=O)(=O)NCc2ccccc2)c1)N1CCN(c2ccccc2F)CC1. The Kier molecular flexibility index (Phi) is 6.53. The van der Waals surface area contributed by atoms with E-state index in [1.165, 1.54) is 18.2 Å². The summed E-state index contributed by atoms with van der Waals surface area (Å²) in [6.07, 6.45) is 0. The Bertz CT molecular complexity index is 1190. The van der Waals surface area contributed by atoms with Crippen molar-refractivity contribution in [1.29, 1.82) is 0 Å². The lowest BCUT2D eigenvalue weighted by Crippen LogP contribution is -2.49. The highest BCUT2D eigenvalue weighted by atomic mass is 32.2. The molecular weight excluding hydrogens is 429 g/mol. The second kappa shape index (κ2) is 9.50. The van der Waals surface area contributed by atoms with E-state index < -0.39 is 10.0 Å². The molecule has 4 rings (SSSR count). The molecular formula is C24H24FN3O3S. The van der Waals surface area contributed by atoms with Crippen LogP contribution in [-0.4, -0.2) is 45.4 Å². The van der Waals surface area contributed by atoms with Crippen LogP contribution < -0.4 is 9.62 Å². The first-order valence-corrected chi connectivity index (χ1v) is 11.8. The van der Waals surface area contributed by atoms with Gasteiger partial charge in [0.25, 0.3) is 5.91 Å². The van der Waals surface area contributed by atoms with E-state index in [1.807, 2.05) is 35.2 Å². The van der Waals surface area contributed by atoms with Gasteiger partial charge in [-0.05, 0) is 35.9 Å². The lowest BCUT2D eigenvalue weighted by Gasteiger charge is -2.36. The number of sulfonamides is 1. The molecule has 0 aromatic heterocycles. The van der Waals surface area contributed by atoms with E-state index in [4.69, 9.17) is 0 Å². The van der Waals surface area contributed by atoms with Crippen LogP contribution in [0.2, 0.25) is 0 Å². The van der Waals surface area contributed by atoms with E-state index in [9.17, 15) is 17.6 Å². The van der Waals surface area contributed by atoms with Crippen molar-refractivity contribution >= 4 is 21.6 Å². The third-order valence-corrected chi connectivity index (χ3v) is 6.86. The molecule has 8 heteroatoms. The molecule has 1 heterocycles. The summed E-state index contributed by atoms with van der Waals surface area (Å²) in [4.78, 5) is 16.6. The van der Waals surface area contributed by atoms with Crippen LogP contribution in [0.4, 0.5) is 10.1 Å². The van der Waals surface area contributed by atoms with Crippen LogP contribution in [-0.2, 0) is 16.6 Å². The van der Waals surface area contributed by atoms with Gasteiger partial charge in [0.1, 0.15) is 5.82 Å². The van der Waals surface area contributed by atoms with E-state index in [0.717, 1.165) is 5.56 Å². The van der Waals surface area contributed by atoms with E-state index in [-0.39, 0.29) is 23.2 Å². The second-order valence-electron chi connectivity index (χ2n) is 7.57. The number of halogens is 1. The van der Waals surface area contributed by atoms with Crippen molar-refractivity contribution in [3.05, 3.63) is 95.8 Å². The van der Waals surface area contributed by atoms with Crippen molar-refractivity contribution in [1.82, 2.24) is 9.62 Å². The van der Waals surface area contributed by atoms with E-state index >= 15 is 0 Å². The molecule has 0 unspecified atom stereocenters. The third-order valence-electron chi connectivity index (χ3n) is 5.46. The molecule has 3 aromatic rings. The Labute approximate surface area is 187 Å². The molecule has 1 amide bonds. The quantitative estimate of drug-likeness (QED) is 0.622. The summed E-state index contributed by atoms with van der Waals surface area (Å²) in [5.41, 5.74) is 1.68. The van der Waals surface area contributed by atoms with Gasteiger partial charge in [-0.25, -0.2) is 17.5 Å².